The van der Waals surface area contributed by atoms with Crippen molar-refractivity contribution in [1.29, 1.82) is 0 Å². The maximum absolute atomic E-state index is 12.6. The van der Waals surface area contributed by atoms with Gasteiger partial charge in [-0.15, -0.1) is 11.3 Å². The number of halogens is 1. The molecule has 1 N–H and O–H groups in total. The van der Waals surface area contributed by atoms with E-state index in [1.165, 1.54) is 11.3 Å². The van der Waals surface area contributed by atoms with Gasteiger partial charge in [-0.2, -0.15) is 5.10 Å². The highest BCUT2D eigenvalue weighted by molar-refractivity contribution is 7.20. The third-order valence-corrected chi connectivity index (χ3v) is 6.31. The number of carbonyl (C=O) groups is 1. The Balaban J connectivity index is 1.40. The zero-order valence-electron chi connectivity index (χ0n) is 14.7. The van der Waals surface area contributed by atoms with Gasteiger partial charge in [0, 0.05) is 50.9 Å². The van der Waals surface area contributed by atoms with Crippen LogP contribution >= 0.6 is 22.9 Å². The van der Waals surface area contributed by atoms with Gasteiger partial charge in [-0.1, -0.05) is 11.6 Å². The number of ether oxygens (including phenoxy) is 1. The van der Waals surface area contributed by atoms with Gasteiger partial charge in [-0.05, 0) is 18.6 Å². The number of aromatic amines is 1. The largest absolute Gasteiger partial charge is 0.378 e. The molecule has 2 aromatic heterocycles. The van der Waals surface area contributed by atoms with Gasteiger partial charge in [-0.25, -0.2) is 4.79 Å². The summed E-state index contributed by atoms with van der Waals surface area (Å²) in [6.45, 7) is 4.14. The summed E-state index contributed by atoms with van der Waals surface area (Å²) in [6.07, 6.45) is 0.951. The van der Waals surface area contributed by atoms with Gasteiger partial charge >= 0.3 is 6.03 Å². The Labute approximate surface area is 161 Å². The average Bonchev–Trinajstić information content (AvgIpc) is 3.41. The van der Waals surface area contributed by atoms with Crippen LogP contribution in [-0.2, 0) is 4.74 Å². The lowest BCUT2D eigenvalue weighted by Crippen LogP contribution is -2.47. The van der Waals surface area contributed by atoms with E-state index in [9.17, 15) is 4.79 Å². The topological polar surface area (TPSA) is 64.7 Å². The molecule has 0 saturated carbocycles. The summed E-state index contributed by atoms with van der Waals surface area (Å²) in [6, 6.07) is 6.07. The number of amides is 2. The predicted molar refractivity (Wildman–Crippen MR) is 103 cm³/mol. The van der Waals surface area contributed by atoms with E-state index < -0.39 is 0 Å². The zero-order chi connectivity index (χ0) is 18.1. The molecule has 0 radical (unpaired) electrons. The van der Waals surface area contributed by atoms with E-state index in [1.54, 1.807) is 0 Å². The van der Waals surface area contributed by atoms with Crippen molar-refractivity contribution in [3.8, 4) is 0 Å². The van der Waals surface area contributed by atoms with Crippen LogP contribution in [0.15, 0.2) is 18.2 Å². The van der Waals surface area contributed by atoms with Crippen LogP contribution < -0.4 is 4.90 Å². The second-order valence-corrected chi connectivity index (χ2v) is 8.33. The first-order valence-electron chi connectivity index (χ1n) is 8.78. The van der Waals surface area contributed by atoms with E-state index in [4.69, 9.17) is 16.3 Å². The third kappa shape index (κ3) is 3.54. The lowest BCUT2D eigenvalue weighted by Gasteiger charge is -2.30. The van der Waals surface area contributed by atoms with Crippen molar-refractivity contribution in [3.63, 3.8) is 0 Å². The molecule has 0 aliphatic carbocycles. The summed E-state index contributed by atoms with van der Waals surface area (Å²) in [5.74, 6) is 1.15. The van der Waals surface area contributed by atoms with Gasteiger partial charge < -0.3 is 19.4 Å². The molecule has 2 aromatic rings. The van der Waals surface area contributed by atoms with Gasteiger partial charge in [0.1, 0.15) is 0 Å². The summed E-state index contributed by atoms with van der Waals surface area (Å²) < 4.78 is 6.09. The number of rotatable bonds is 3. The summed E-state index contributed by atoms with van der Waals surface area (Å²) >= 11 is 7.55. The van der Waals surface area contributed by atoms with Crippen molar-refractivity contribution >= 4 is 39.8 Å². The molecule has 4 rings (SSSR count). The number of hydrogen-bond donors (Lipinski definition) is 1. The lowest BCUT2D eigenvalue weighted by atomic mass is 10.1. The molecule has 4 heterocycles. The van der Waals surface area contributed by atoms with Crippen LogP contribution in [0.25, 0.3) is 0 Å². The number of nitrogens with one attached hydrogen (secondary N) is 1. The van der Waals surface area contributed by atoms with Crippen LogP contribution in [0.1, 0.15) is 18.0 Å². The van der Waals surface area contributed by atoms with Gasteiger partial charge in [0.15, 0.2) is 5.82 Å². The highest BCUT2D eigenvalue weighted by atomic mass is 35.5. The number of carbonyl (C=O) groups excluding carboxylic acids is 1. The first-order chi connectivity index (χ1) is 12.6. The summed E-state index contributed by atoms with van der Waals surface area (Å²) in [5.41, 5.74) is 1.08. The Bertz CT molecular complexity index is 773. The molecular formula is C17H22ClN5O2S. The number of aromatic nitrogens is 2. The molecule has 26 heavy (non-hydrogen) atoms. The van der Waals surface area contributed by atoms with Crippen LogP contribution in [0.2, 0.25) is 4.34 Å². The molecule has 2 saturated heterocycles. The fourth-order valence-corrected chi connectivity index (χ4v) is 4.45. The number of hydrogen-bond acceptors (Lipinski definition) is 5. The number of morpholine rings is 1. The molecule has 140 valence electrons. The van der Waals surface area contributed by atoms with Crippen molar-refractivity contribution in [2.24, 2.45) is 0 Å². The number of nitrogens with zero attached hydrogens (tertiary/aromatic N) is 4. The Morgan fingerprint density at radius 1 is 1.35 bits per heavy atom. The fraction of sp³-hybridized carbons (Fsp3) is 0.529. The lowest BCUT2D eigenvalue weighted by molar-refractivity contribution is 0.0450. The Kier molecular flexibility index (Phi) is 5.06. The van der Waals surface area contributed by atoms with E-state index in [1.807, 2.05) is 33.9 Å². The molecule has 7 nitrogen and oxygen atoms in total. The number of likely N-dealkylation sites (tertiary alicyclic amines) is 1. The SMILES string of the molecule is CN(c1cc(C2CCN(C(=O)N3CCOCC3)C2)[nH]n1)c1ccc(Cl)s1. The van der Waals surface area contributed by atoms with Crippen LogP contribution in [0.5, 0.6) is 0 Å². The summed E-state index contributed by atoms with van der Waals surface area (Å²) in [5, 5.41) is 8.64. The van der Waals surface area contributed by atoms with Crippen LogP contribution in [0.3, 0.4) is 0 Å². The van der Waals surface area contributed by atoms with Crippen molar-refractivity contribution in [2.75, 3.05) is 51.3 Å². The van der Waals surface area contributed by atoms with E-state index >= 15 is 0 Å². The highest BCUT2D eigenvalue weighted by Gasteiger charge is 2.31. The maximum Gasteiger partial charge on any atom is 0.320 e. The predicted octanol–water partition coefficient (Wildman–Crippen LogP) is 3.13. The molecule has 2 fully saturated rings. The summed E-state index contributed by atoms with van der Waals surface area (Å²) in [7, 11) is 1.98. The minimum atomic E-state index is 0.126. The van der Waals surface area contributed by atoms with E-state index in [0.29, 0.717) is 32.2 Å². The number of anilines is 2. The fourth-order valence-electron chi connectivity index (χ4n) is 3.45. The first-order valence-corrected chi connectivity index (χ1v) is 9.97. The van der Waals surface area contributed by atoms with Crippen molar-refractivity contribution in [3.05, 3.63) is 28.2 Å². The Hall–Kier alpha value is -1.77. The summed E-state index contributed by atoms with van der Waals surface area (Å²) in [4.78, 5) is 18.5. The number of H-pyrrole nitrogens is 1. The molecule has 0 bridgehead atoms. The molecular weight excluding hydrogens is 374 g/mol. The average molecular weight is 396 g/mol. The molecule has 2 aliphatic heterocycles. The molecule has 0 aromatic carbocycles. The maximum atomic E-state index is 12.6. The minimum Gasteiger partial charge on any atom is -0.378 e. The van der Waals surface area contributed by atoms with E-state index in [0.717, 1.165) is 40.4 Å². The van der Waals surface area contributed by atoms with Crippen LogP contribution in [0.4, 0.5) is 15.6 Å². The number of thiophene rings is 1. The van der Waals surface area contributed by atoms with Crippen molar-refractivity contribution in [2.45, 2.75) is 12.3 Å². The molecule has 0 spiro atoms. The molecule has 1 atom stereocenters. The van der Waals surface area contributed by atoms with Gasteiger partial charge in [-0.3, -0.25) is 5.10 Å². The quantitative estimate of drug-likeness (QED) is 0.867. The molecule has 1 unspecified atom stereocenters. The standard InChI is InChI=1S/C17H22ClN5O2S/c1-21(16-3-2-14(18)26-16)15-10-13(19-20-15)12-4-5-23(11-12)17(24)22-6-8-25-9-7-22/h2-3,10,12H,4-9,11H2,1H3,(H,19,20). The monoisotopic (exact) mass is 395 g/mol. The van der Waals surface area contributed by atoms with Crippen molar-refractivity contribution in [1.82, 2.24) is 20.0 Å². The molecule has 9 heteroatoms. The van der Waals surface area contributed by atoms with Gasteiger partial charge in [0.05, 0.1) is 22.6 Å². The minimum absolute atomic E-state index is 0.126. The normalized spacial score (nSPS) is 20.6. The van der Waals surface area contributed by atoms with Crippen molar-refractivity contribution < 1.29 is 9.53 Å². The zero-order valence-corrected chi connectivity index (χ0v) is 16.2. The second kappa shape index (κ2) is 7.46. The van der Waals surface area contributed by atoms with E-state index in [-0.39, 0.29) is 6.03 Å². The van der Waals surface area contributed by atoms with Gasteiger partial charge in [0.2, 0.25) is 0 Å². The highest BCUT2D eigenvalue weighted by Crippen LogP contribution is 2.34. The second-order valence-electron chi connectivity index (χ2n) is 6.63. The van der Waals surface area contributed by atoms with Crippen LogP contribution in [-0.4, -0.2) is 72.5 Å². The molecule has 2 amide bonds. The van der Waals surface area contributed by atoms with Gasteiger partial charge in [0.25, 0.3) is 0 Å². The van der Waals surface area contributed by atoms with Crippen LogP contribution in [0, 0.1) is 0 Å². The van der Waals surface area contributed by atoms with E-state index in [2.05, 4.69) is 16.3 Å². The Morgan fingerprint density at radius 2 is 2.15 bits per heavy atom. The Morgan fingerprint density at radius 3 is 2.88 bits per heavy atom. The first kappa shape index (κ1) is 17.6. The smallest absolute Gasteiger partial charge is 0.320 e. The molecule has 2 aliphatic rings. The third-order valence-electron chi connectivity index (χ3n) is 5.00. The number of urea groups is 1.